The Balaban J connectivity index is 1.95. The number of rotatable bonds is 4. The number of anilines is 2. The van der Waals surface area contributed by atoms with Crippen LogP contribution in [0.3, 0.4) is 0 Å². The topological polar surface area (TPSA) is 77.2 Å². The first kappa shape index (κ1) is 15.5. The maximum atomic E-state index is 12.2. The van der Waals surface area contributed by atoms with E-state index in [4.69, 9.17) is 5.73 Å². The number of benzene rings is 1. The molecule has 2 rings (SSSR count). The quantitative estimate of drug-likeness (QED) is 0.850. The standard InChI is InChI=1S/C12H12F3N3O2S/c1-6(12(13,14)15)20-5-10(19)18-11-17-8-3-2-7(16)4-9(8)21-11/h2-4,6H,5,16H2,1H3,(H,17,18,19). The Labute approximate surface area is 121 Å². The Hall–Kier alpha value is -1.87. The Morgan fingerprint density at radius 2 is 2.24 bits per heavy atom. The van der Waals surface area contributed by atoms with Crippen LogP contribution >= 0.6 is 11.3 Å². The molecule has 0 spiro atoms. The highest BCUT2D eigenvalue weighted by molar-refractivity contribution is 7.22. The molecule has 21 heavy (non-hydrogen) atoms. The predicted octanol–water partition coefficient (Wildman–Crippen LogP) is 2.78. The molecule has 1 amide bonds. The molecule has 1 aromatic heterocycles. The van der Waals surface area contributed by atoms with Crippen LogP contribution in [-0.4, -0.2) is 29.8 Å². The average molecular weight is 319 g/mol. The molecule has 0 aliphatic carbocycles. The van der Waals surface area contributed by atoms with Crippen molar-refractivity contribution in [3.63, 3.8) is 0 Å². The van der Waals surface area contributed by atoms with Crippen molar-refractivity contribution in [2.45, 2.75) is 19.2 Å². The van der Waals surface area contributed by atoms with Gasteiger partial charge in [0, 0.05) is 5.69 Å². The van der Waals surface area contributed by atoms with Gasteiger partial charge in [0.2, 0.25) is 0 Å². The smallest absolute Gasteiger partial charge is 0.399 e. The number of ether oxygens (including phenoxy) is 1. The maximum absolute atomic E-state index is 12.2. The zero-order valence-electron chi connectivity index (χ0n) is 10.9. The fourth-order valence-corrected chi connectivity index (χ4v) is 2.38. The predicted molar refractivity (Wildman–Crippen MR) is 74.1 cm³/mol. The van der Waals surface area contributed by atoms with Crippen molar-refractivity contribution >= 4 is 38.3 Å². The Morgan fingerprint density at radius 1 is 1.52 bits per heavy atom. The lowest BCUT2D eigenvalue weighted by Gasteiger charge is -2.15. The van der Waals surface area contributed by atoms with Gasteiger partial charge in [0.15, 0.2) is 11.2 Å². The lowest BCUT2D eigenvalue weighted by molar-refractivity contribution is -0.213. The van der Waals surface area contributed by atoms with Crippen LogP contribution in [0.4, 0.5) is 24.0 Å². The van der Waals surface area contributed by atoms with Gasteiger partial charge in [-0.2, -0.15) is 13.2 Å². The molecule has 5 nitrogen and oxygen atoms in total. The van der Waals surface area contributed by atoms with E-state index in [1.54, 1.807) is 18.2 Å². The van der Waals surface area contributed by atoms with Crippen molar-refractivity contribution in [3.05, 3.63) is 18.2 Å². The average Bonchev–Trinajstić information content (AvgIpc) is 2.75. The van der Waals surface area contributed by atoms with Crippen LogP contribution in [0, 0.1) is 0 Å². The molecule has 2 aromatic rings. The molecule has 0 bridgehead atoms. The van der Waals surface area contributed by atoms with Crippen LogP contribution < -0.4 is 11.1 Å². The lowest BCUT2D eigenvalue weighted by atomic mass is 10.3. The van der Waals surface area contributed by atoms with E-state index in [-0.39, 0.29) is 5.13 Å². The van der Waals surface area contributed by atoms with Gasteiger partial charge in [-0.25, -0.2) is 4.98 Å². The summed E-state index contributed by atoms with van der Waals surface area (Å²) in [5.74, 6) is -0.696. The van der Waals surface area contributed by atoms with E-state index in [0.29, 0.717) is 11.2 Å². The number of carbonyl (C=O) groups is 1. The number of amides is 1. The van der Waals surface area contributed by atoms with Gasteiger partial charge in [0.1, 0.15) is 6.61 Å². The molecule has 0 saturated heterocycles. The summed E-state index contributed by atoms with van der Waals surface area (Å²) in [7, 11) is 0. The summed E-state index contributed by atoms with van der Waals surface area (Å²) in [6.45, 7) is 0.145. The fourth-order valence-electron chi connectivity index (χ4n) is 1.45. The summed E-state index contributed by atoms with van der Waals surface area (Å²) >= 11 is 1.18. The number of nitrogen functional groups attached to an aromatic ring is 1. The molecule has 1 atom stereocenters. The van der Waals surface area contributed by atoms with Crippen LogP contribution in [0.2, 0.25) is 0 Å². The summed E-state index contributed by atoms with van der Waals surface area (Å²) in [6, 6.07) is 5.06. The number of nitrogens with one attached hydrogen (secondary N) is 1. The number of nitrogens with zero attached hydrogens (tertiary/aromatic N) is 1. The minimum Gasteiger partial charge on any atom is -0.399 e. The van der Waals surface area contributed by atoms with Crippen molar-refractivity contribution in [1.82, 2.24) is 4.98 Å². The van der Waals surface area contributed by atoms with Crippen LogP contribution in [0.5, 0.6) is 0 Å². The Morgan fingerprint density at radius 3 is 2.90 bits per heavy atom. The second-order valence-corrected chi connectivity index (χ2v) is 5.32. The highest BCUT2D eigenvalue weighted by Crippen LogP contribution is 2.27. The van der Waals surface area contributed by atoms with E-state index < -0.39 is 24.8 Å². The lowest BCUT2D eigenvalue weighted by Crippen LogP contribution is -2.31. The zero-order chi connectivity index (χ0) is 15.6. The van der Waals surface area contributed by atoms with Crippen molar-refractivity contribution in [2.75, 3.05) is 17.7 Å². The van der Waals surface area contributed by atoms with Crippen molar-refractivity contribution in [3.8, 4) is 0 Å². The molecular weight excluding hydrogens is 307 g/mol. The third-order valence-corrected chi connectivity index (χ3v) is 3.52. The van der Waals surface area contributed by atoms with Gasteiger partial charge < -0.3 is 10.5 Å². The summed E-state index contributed by atoms with van der Waals surface area (Å²) in [6.07, 6.45) is -6.49. The number of thiazole rings is 1. The normalized spacial score (nSPS) is 13.3. The van der Waals surface area contributed by atoms with Gasteiger partial charge in [-0.1, -0.05) is 11.3 Å². The summed E-state index contributed by atoms with van der Waals surface area (Å²) < 4.78 is 41.9. The molecule has 0 fully saturated rings. The van der Waals surface area contributed by atoms with Crippen molar-refractivity contribution in [1.29, 1.82) is 0 Å². The van der Waals surface area contributed by atoms with E-state index in [1.165, 1.54) is 11.3 Å². The van der Waals surface area contributed by atoms with E-state index in [1.807, 2.05) is 0 Å². The molecule has 1 aromatic carbocycles. The number of aromatic nitrogens is 1. The number of hydrogen-bond donors (Lipinski definition) is 2. The number of alkyl halides is 3. The minimum atomic E-state index is -4.49. The molecular formula is C12H12F3N3O2S. The first-order valence-electron chi connectivity index (χ1n) is 5.90. The maximum Gasteiger partial charge on any atom is 0.414 e. The van der Waals surface area contributed by atoms with Gasteiger partial charge in [0.05, 0.1) is 10.2 Å². The Kier molecular flexibility index (Phi) is 4.33. The molecule has 114 valence electrons. The second kappa shape index (κ2) is 5.86. The third kappa shape index (κ3) is 4.05. The SMILES string of the molecule is CC(OCC(=O)Nc1nc2ccc(N)cc2s1)C(F)(F)F. The fraction of sp³-hybridized carbons (Fsp3) is 0.333. The first-order chi connectivity index (χ1) is 9.75. The summed E-state index contributed by atoms with van der Waals surface area (Å²) in [5.41, 5.74) is 6.83. The third-order valence-electron chi connectivity index (χ3n) is 2.58. The van der Waals surface area contributed by atoms with Crippen LogP contribution in [-0.2, 0) is 9.53 Å². The molecule has 0 aliphatic rings. The van der Waals surface area contributed by atoms with Gasteiger partial charge in [-0.05, 0) is 25.1 Å². The first-order valence-corrected chi connectivity index (χ1v) is 6.71. The van der Waals surface area contributed by atoms with Crippen molar-refractivity contribution in [2.24, 2.45) is 0 Å². The van der Waals surface area contributed by atoms with E-state index >= 15 is 0 Å². The zero-order valence-corrected chi connectivity index (χ0v) is 11.7. The van der Waals surface area contributed by atoms with Crippen LogP contribution in [0.15, 0.2) is 18.2 Å². The van der Waals surface area contributed by atoms with Gasteiger partial charge in [-0.3, -0.25) is 10.1 Å². The number of carbonyl (C=O) groups excluding carboxylic acids is 1. The van der Waals surface area contributed by atoms with Gasteiger partial charge in [0.25, 0.3) is 5.91 Å². The molecule has 1 heterocycles. The molecule has 9 heteroatoms. The van der Waals surface area contributed by atoms with Crippen LogP contribution in [0.1, 0.15) is 6.92 Å². The van der Waals surface area contributed by atoms with Crippen LogP contribution in [0.25, 0.3) is 10.2 Å². The largest absolute Gasteiger partial charge is 0.414 e. The summed E-state index contributed by atoms with van der Waals surface area (Å²) in [4.78, 5) is 15.6. The van der Waals surface area contributed by atoms with E-state index in [9.17, 15) is 18.0 Å². The van der Waals surface area contributed by atoms with E-state index in [0.717, 1.165) is 11.6 Å². The number of fused-ring (bicyclic) bond motifs is 1. The number of hydrogen-bond acceptors (Lipinski definition) is 5. The Bertz CT molecular complexity index is 657. The highest BCUT2D eigenvalue weighted by Gasteiger charge is 2.37. The minimum absolute atomic E-state index is 0.281. The molecule has 0 saturated carbocycles. The number of halogens is 3. The molecule has 3 N–H and O–H groups in total. The molecule has 0 radical (unpaired) electrons. The monoisotopic (exact) mass is 319 g/mol. The summed E-state index contributed by atoms with van der Waals surface area (Å²) in [5, 5.41) is 2.67. The van der Waals surface area contributed by atoms with Crippen molar-refractivity contribution < 1.29 is 22.7 Å². The van der Waals surface area contributed by atoms with Gasteiger partial charge in [-0.15, -0.1) is 0 Å². The number of nitrogens with two attached hydrogens (primary N) is 1. The van der Waals surface area contributed by atoms with E-state index in [2.05, 4.69) is 15.0 Å². The highest BCUT2D eigenvalue weighted by atomic mass is 32.1. The molecule has 1 unspecified atom stereocenters. The second-order valence-electron chi connectivity index (χ2n) is 4.29. The van der Waals surface area contributed by atoms with Gasteiger partial charge >= 0.3 is 6.18 Å². The molecule has 0 aliphatic heterocycles.